The molecule has 8 heteroatoms. The van der Waals surface area contributed by atoms with Gasteiger partial charge in [0.05, 0.1) is 19.8 Å². The third-order valence-corrected chi connectivity index (χ3v) is 7.23. The number of methoxy groups -OCH3 is 1. The van der Waals surface area contributed by atoms with Crippen molar-refractivity contribution in [1.82, 2.24) is 9.62 Å². The molecule has 7 nitrogen and oxygen atoms in total. The predicted molar refractivity (Wildman–Crippen MR) is 132 cm³/mol. The maximum absolute atomic E-state index is 13.3. The van der Waals surface area contributed by atoms with Gasteiger partial charge in [-0.2, -0.15) is 4.31 Å². The monoisotopic (exact) mass is 482 g/mol. The molecule has 0 radical (unpaired) electrons. The fraction of sp³-hybridized carbons (Fsp3) is 0.269. The van der Waals surface area contributed by atoms with Gasteiger partial charge in [0.1, 0.15) is 16.4 Å². The molecule has 0 saturated heterocycles. The topological polar surface area (TPSA) is 84.9 Å². The lowest BCUT2D eigenvalue weighted by Gasteiger charge is -2.20. The van der Waals surface area contributed by atoms with Crippen molar-refractivity contribution in [2.75, 3.05) is 20.8 Å². The Balaban J connectivity index is 1.81. The first-order chi connectivity index (χ1) is 16.3. The molecule has 3 aromatic carbocycles. The summed E-state index contributed by atoms with van der Waals surface area (Å²) in [5.41, 5.74) is 1.98. The number of sulfonamides is 1. The molecule has 1 atom stereocenters. The van der Waals surface area contributed by atoms with E-state index < -0.39 is 10.0 Å². The molecule has 0 bridgehead atoms. The minimum atomic E-state index is -3.91. The lowest BCUT2D eigenvalue weighted by atomic mass is 10.1. The van der Waals surface area contributed by atoms with Crippen LogP contribution in [0, 0.1) is 0 Å². The Morgan fingerprint density at radius 1 is 1.03 bits per heavy atom. The van der Waals surface area contributed by atoms with E-state index in [2.05, 4.69) is 5.32 Å². The van der Waals surface area contributed by atoms with Gasteiger partial charge in [0.2, 0.25) is 10.0 Å². The largest absolute Gasteiger partial charge is 0.495 e. The summed E-state index contributed by atoms with van der Waals surface area (Å²) in [6, 6.07) is 20.9. The van der Waals surface area contributed by atoms with Crippen molar-refractivity contribution in [1.29, 1.82) is 0 Å². The standard InChI is InChI=1S/C26H30N2O5S/c1-5-33-23-14-11-21(12-15-23)19(2)27-26(29)22-13-16-24(32-4)25(17-22)34(30,31)28(3)18-20-9-7-6-8-10-20/h6-17,19H,5,18H2,1-4H3,(H,27,29). The molecule has 0 fully saturated rings. The lowest BCUT2D eigenvalue weighted by molar-refractivity contribution is 0.0939. The number of amides is 1. The summed E-state index contributed by atoms with van der Waals surface area (Å²) < 4.78 is 38.6. The highest BCUT2D eigenvalue weighted by Crippen LogP contribution is 2.28. The zero-order valence-electron chi connectivity index (χ0n) is 19.8. The van der Waals surface area contributed by atoms with Crippen molar-refractivity contribution < 1.29 is 22.7 Å². The summed E-state index contributed by atoms with van der Waals surface area (Å²) in [5, 5.41) is 2.92. The maximum Gasteiger partial charge on any atom is 0.251 e. The minimum Gasteiger partial charge on any atom is -0.495 e. The normalized spacial score (nSPS) is 12.3. The molecule has 0 saturated carbocycles. The number of ether oxygens (including phenoxy) is 2. The number of benzene rings is 3. The molecular weight excluding hydrogens is 452 g/mol. The molecule has 0 aliphatic heterocycles. The summed E-state index contributed by atoms with van der Waals surface area (Å²) in [6.07, 6.45) is 0. The number of hydrogen-bond acceptors (Lipinski definition) is 5. The van der Waals surface area contributed by atoms with Crippen LogP contribution in [0.2, 0.25) is 0 Å². The van der Waals surface area contributed by atoms with Gasteiger partial charge in [0.15, 0.2) is 0 Å². The SMILES string of the molecule is CCOc1ccc(C(C)NC(=O)c2ccc(OC)c(S(=O)(=O)N(C)Cc3ccccc3)c2)cc1. The van der Waals surface area contributed by atoms with E-state index in [0.29, 0.717) is 6.61 Å². The van der Waals surface area contributed by atoms with Crippen LogP contribution in [0.5, 0.6) is 11.5 Å². The van der Waals surface area contributed by atoms with Crippen molar-refractivity contribution in [2.45, 2.75) is 31.3 Å². The highest BCUT2D eigenvalue weighted by Gasteiger charge is 2.26. The van der Waals surface area contributed by atoms with E-state index in [1.165, 1.54) is 30.6 Å². The lowest BCUT2D eigenvalue weighted by Crippen LogP contribution is -2.29. The number of carbonyl (C=O) groups excluding carboxylic acids is 1. The molecule has 180 valence electrons. The van der Waals surface area contributed by atoms with Crippen molar-refractivity contribution >= 4 is 15.9 Å². The van der Waals surface area contributed by atoms with E-state index in [-0.39, 0.29) is 34.7 Å². The van der Waals surface area contributed by atoms with Crippen LogP contribution in [0.15, 0.2) is 77.7 Å². The molecule has 1 amide bonds. The number of rotatable bonds is 10. The van der Waals surface area contributed by atoms with Crippen LogP contribution >= 0.6 is 0 Å². The van der Waals surface area contributed by atoms with Gasteiger partial charge in [0, 0.05) is 19.2 Å². The number of carbonyl (C=O) groups is 1. The smallest absolute Gasteiger partial charge is 0.251 e. The highest BCUT2D eigenvalue weighted by atomic mass is 32.2. The Morgan fingerprint density at radius 3 is 2.32 bits per heavy atom. The molecule has 3 aromatic rings. The Kier molecular flexibility index (Phi) is 8.31. The predicted octanol–water partition coefficient (Wildman–Crippen LogP) is 4.41. The first-order valence-corrected chi connectivity index (χ1v) is 12.4. The van der Waals surface area contributed by atoms with Gasteiger partial charge in [-0.15, -0.1) is 0 Å². The molecule has 3 rings (SSSR count). The maximum atomic E-state index is 13.3. The molecule has 1 N–H and O–H groups in total. The highest BCUT2D eigenvalue weighted by molar-refractivity contribution is 7.89. The van der Waals surface area contributed by atoms with Crippen LogP contribution in [0.1, 0.15) is 41.4 Å². The number of nitrogens with zero attached hydrogens (tertiary/aromatic N) is 1. The summed E-state index contributed by atoms with van der Waals surface area (Å²) >= 11 is 0. The molecule has 0 spiro atoms. The van der Waals surface area contributed by atoms with Crippen molar-refractivity contribution in [2.24, 2.45) is 0 Å². The van der Waals surface area contributed by atoms with E-state index in [0.717, 1.165) is 16.9 Å². The Hall–Kier alpha value is -3.36. The van der Waals surface area contributed by atoms with Crippen LogP contribution in [-0.2, 0) is 16.6 Å². The van der Waals surface area contributed by atoms with Crippen LogP contribution in [0.4, 0.5) is 0 Å². The van der Waals surface area contributed by atoms with E-state index >= 15 is 0 Å². The molecule has 0 heterocycles. The van der Waals surface area contributed by atoms with E-state index in [1.807, 2.05) is 68.4 Å². The Morgan fingerprint density at radius 2 is 1.71 bits per heavy atom. The fourth-order valence-corrected chi connectivity index (χ4v) is 4.83. The second-order valence-corrected chi connectivity index (χ2v) is 9.82. The average Bonchev–Trinajstić information content (AvgIpc) is 2.84. The molecule has 34 heavy (non-hydrogen) atoms. The summed E-state index contributed by atoms with van der Waals surface area (Å²) in [5.74, 6) is 0.552. The molecular formula is C26H30N2O5S. The van der Waals surface area contributed by atoms with Gasteiger partial charge in [-0.1, -0.05) is 42.5 Å². The third-order valence-electron chi connectivity index (χ3n) is 5.40. The zero-order chi connectivity index (χ0) is 24.7. The van der Waals surface area contributed by atoms with Crippen molar-refractivity contribution in [3.05, 3.63) is 89.5 Å². The first kappa shape index (κ1) is 25.3. The fourth-order valence-electron chi connectivity index (χ4n) is 3.50. The van der Waals surface area contributed by atoms with Gasteiger partial charge >= 0.3 is 0 Å². The number of hydrogen-bond donors (Lipinski definition) is 1. The van der Waals surface area contributed by atoms with Crippen LogP contribution < -0.4 is 14.8 Å². The van der Waals surface area contributed by atoms with Crippen LogP contribution in [-0.4, -0.2) is 39.4 Å². The van der Waals surface area contributed by atoms with Crippen LogP contribution in [0.25, 0.3) is 0 Å². The third kappa shape index (κ3) is 5.95. The number of nitrogens with one attached hydrogen (secondary N) is 1. The summed E-state index contributed by atoms with van der Waals surface area (Å²) in [7, 11) is -1.01. The Labute approximate surface area is 201 Å². The van der Waals surface area contributed by atoms with Crippen molar-refractivity contribution in [3.63, 3.8) is 0 Å². The van der Waals surface area contributed by atoms with E-state index in [4.69, 9.17) is 9.47 Å². The van der Waals surface area contributed by atoms with Gasteiger partial charge < -0.3 is 14.8 Å². The second kappa shape index (κ2) is 11.2. The molecule has 0 aliphatic rings. The van der Waals surface area contributed by atoms with Gasteiger partial charge in [-0.05, 0) is 55.3 Å². The Bertz CT molecular complexity index is 1210. The molecule has 0 aromatic heterocycles. The van der Waals surface area contributed by atoms with Gasteiger partial charge in [-0.3, -0.25) is 4.79 Å². The van der Waals surface area contributed by atoms with E-state index in [9.17, 15) is 13.2 Å². The minimum absolute atomic E-state index is 0.0604. The van der Waals surface area contributed by atoms with Gasteiger partial charge in [-0.25, -0.2) is 8.42 Å². The zero-order valence-corrected chi connectivity index (χ0v) is 20.6. The summed E-state index contributed by atoms with van der Waals surface area (Å²) in [4.78, 5) is 12.9. The van der Waals surface area contributed by atoms with Crippen LogP contribution in [0.3, 0.4) is 0 Å². The average molecular weight is 483 g/mol. The van der Waals surface area contributed by atoms with Gasteiger partial charge in [0.25, 0.3) is 5.91 Å². The quantitative estimate of drug-likeness (QED) is 0.463. The summed E-state index contributed by atoms with van der Waals surface area (Å²) in [6.45, 7) is 4.55. The van der Waals surface area contributed by atoms with Crippen molar-refractivity contribution in [3.8, 4) is 11.5 Å². The molecule has 0 aliphatic carbocycles. The molecule has 1 unspecified atom stereocenters. The first-order valence-electron chi connectivity index (χ1n) is 11.0. The van der Waals surface area contributed by atoms with E-state index in [1.54, 1.807) is 6.07 Å². The second-order valence-electron chi connectivity index (χ2n) is 7.81.